The van der Waals surface area contributed by atoms with Crippen LogP contribution in [0, 0.1) is 5.82 Å². The van der Waals surface area contributed by atoms with Crippen molar-refractivity contribution in [2.24, 2.45) is 5.73 Å². The van der Waals surface area contributed by atoms with Gasteiger partial charge in [-0.3, -0.25) is 0 Å². The number of benzene rings is 1. The van der Waals surface area contributed by atoms with Crippen molar-refractivity contribution in [3.63, 3.8) is 0 Å². The maximum Gasteiger partial charge on any atom is 0.419 e. The molecule has 1 unspecified atom stereocenters. The highest BCUT2D eigenvalue weighted by atomic mass is 19.4. The summed E-state index contributed by atoms with van der Waals surface area (Å²) in [6.45, 7) is 0. The van der Waals surface area contributed by atoms with Gasteiger partial charge in [0.2, 0.25) is 0 Å². The molecule has 0 saturated carbocycles. The minimum Gasteiger partial charge on any atom is -0.324 e. The average Bonchev–Trinajstić information content (AvgIpc) is 2.52. The maximum absolute atomic E-state index is 13.5. The molecule has 0 fully saturated rings. The number of alkyl halides is 3. The number of halogens is 4. The van der Waals surface area contributed by atoms with Crippen molar-refractivity contribution < 1.29 is 17.6 Å². The second kappa shape index (κ2) is 5.33. The summed E-state index contributed by atoms with van der Waals surface area (Å²) in [6, 6.07) is 2.95. The van der Waals surface area contributed by atoms with Gasteiger partial charge in [-0.1, -0.05) is 18.6 Å². The number of hydrogen-bond donors (Lipinski definition) is 1. The summed E-state index contributed by atoms with van der Waals surface area (Å²) in [4.78, 5) is 0. The molecular weight excluding hydrogens is 258 g/mol. The van der Waals surface area contributed by atoms with Gasteiger partial charge in [0.15, 0.2) is 0 Å². The Morgan fingerprint density at radius 3 is 2.53 bits per heavy atom. The van der Waals surface area contributed by atoms with E-state index in [-0.39, 0.29) is 6.04 Å². The number of allylic oxidation sites excluding steroid dienone is 1. The van der Waals surface area contributed by atoms with Crippen LogP contribution in [0.2, 0.25) is 0 Å². The van der Waals surface area contributed by atoms with Crippen LogP contribution in [0.4, 0.5) is 17.6 Å². The van der Waals surface area contributed by atoms with Crippen LogP contribution in [0.5, 0.6) is 0 Å². The second-order valence-corrected chi connectivity index (χ2v) is 4.79. The summed E-state index contributed by atoms with van der Waals surface area (Å²) in [7, 11) is 0. The zero-order chi connectivity index (χ0) is 14.0. The first-order valence-electron chi connectivity index (χ1n) is 6.21. The van der Waals surface area contributed by atoms with Gasteiger partial charge in [-0.2, -0.15) is 13.2 Å². The smallest absolute Gasteiger partial charge is 0.324 e. The van der Waals surface area contributed by atoms with E-state index in [9.17, 15) is 17.6 Å². The average molecular weight is 273 g/mol. The lowest BCUT2D eigenvalue weighted by Gasteiger charge is -2.11. The van der Waals surface area contributed by atoms with E-state index in [1.54, 1.807) is 0 Å². The van der Waals surface area contributed by atoms with Crippen LogP contribution in [-0.4, -0.2) is 6.04 Å². The fraction of sp³-hybridized carbons (Fsp3) is 0.429. The van der Waals surface area contributed by atoms with Crippen molar-refractivity contribution in [1.82, 2.24) is 0 Å². The number of hydrogen-bond acceptors (Lipinski definition) is 1. The Kier molecular flexibility index (Phi) is 3.94. The fourth-order valence-corrected chi connectivity index (χ4v) is 2.31. The van der Waals surface area contributed by atoms with E-state index in [1.165, 1.54) is 6.07 Å². The van der Waals surface area contributed by atoms with Gasteiger partial charge < -0.3 is 5.73 Å². The third kappa shape index (κ3) is 3.35. The Labute approximate surface area is 109 Å². The molecule has 0 heterocycles. The highest BCUT2D eigenvalue weighted by Crippen LogP contribution is 2.34. The van der Waals surface area contributed by atoms with Gasteiger partial charge >= 0.3 is 6.18 Å². The summed E-state index contributed by atoms with van der Waals surface area (Å²) < 4.78 is 50.9. The highest BCUT2D eigenvalue weighted by Gasteiger charge is 2.34. The topological polar surface area (TPSA) is 26.0 Å². The third-order valence-electron chi connectivity index (χ3n) is 3.29. The van der Waals surface area contributed by atoms with E-state index in [2.05, 4.69) is 0 Å². The minimum absolute atomic E-state index is 0.108. The van der Waals surface area contributed by atoms with Crippen molar-refractivity contribution in [3.8, 4) is 0 Å². The van der Waals surface area contributed by atoms with Gasteiger partial charge in [0.25, 0.3) is 0 Å². The minimum atomic E-state index is -4.66. The summed E-state index contributed by atoms with van der Waals surface area (Å²) in [5.41, 5.74) is 5.94. The quantitative estimate of drug-likeness (QED) is 0.765. The lowest BCUT2D eigenvalue weighted by Crippen LogP contribution is -2.15. The molecule has 104 valence electrons. The van der Waals surface area contributed by atoms with Crippen molar-refractivity contribution in [2.75, 3.05) is 0 Å². The molecule has 19 heavy (non-hydrogen) atoms. The molecule has 1 aliphatic rings. The van der Waals surface area contributed by atoms with E-state index in [4.69, 9.17) is 5.73 Å². The SMILES string of the molecule is NC1C=C(c2ccc(C(F)(F)F)c(F)c2)CCCC1. The van der Waals surface area contributed by atoms with Crippen LogP contribution in [0.15, 0.2) is 24.3 Å². The first-order valence-corrected chi connectivity index (χ1v) is 6.21. The lowest BCUT2D eigenvalue weighted by molar-refractivity contribution is -0.140. The molecule has 1 aliphatic carbocycles. The molecule has 1 atom stereocenters. The van der Waals surface area contributed by atoms with Gasteiger partial charge in [0.1, 0.15) is 5.82 Å². The molecule has 1 aromatic carbocycles. The molecule has 0 radical (unpaired) electrons. The lowest BCUT2D eigenvalue weighted by atomic mass is 9.99. The predicted molar refractivity (Wildman–Crippen MR) is 65.8 cm³/mol. The van der Waals surface area contributed by atoms with Crippen LogP contribution in [0.25, 0.3) is 5.57 Å². The Hall–Kier alpha value is -1.36. The molecule has 0 bridgehead atoms. The van der Waals surface area contributed by atoms with E-state index in [1.807, 2.05) is 6.08 Å². The van der Waals surface area contributed by atoms with E-state index < -0.39 is 17.6 Å². The number of nitrogens with two attached hydrogens (primary N) is 1. The summed E-state index contributed by atoms with van der Waals surface area (Å²) >= 11 is 0. The van der Waals surface area contributed by atoms with Crippen molar-refractivity contribution in [3.05, 3.63) is 41.2 Å². The van der Waals surface area contributed by atoms with Gasteiger partial charge in [-0.25, -0.2) is 4.39 Å². The largest absolute Gasteiger partial charge is 0.419 e. The van der Waals surface area contributed by atoms with Crippen LogP contribution < -0.4 is 5.73 Å². The van der Waals surface area contributed by atoms with Crippen LogP contribution in [0.1, 0.15) is 36.8 Å². The summed E-state index contributed by atoms with van der Waals surface area (Å²) in [6.07, 6.45) is 0.642. The molecule has 0 amide bonds. The van der Waals surface area contributed by atoms with E-state index in [0.717, 1.165) is 43.4 Å². The third-order valence-corrected chi connectivity index (χ3v) is 3.29. The molecule has 0 aromatic heterocycles. The Bertz CT molecular complexity index is 491. The Morgan fingerprint density at radius 2 is 1.89 bits per heavy atom. The highest BCUT2D eigenvalue weighted by molar-refractivity contribution is 5.66. The van der Waals surface area contributed by atoms with Crippen molar-refractivity contribution >= 4 is 5.57 Å². The van der Waals surface area contributed by atoms with E-state index >= 15 is 0 Å². The van der Waals surface area contributed by atoms with E-state index in [0.29, 0.717) is 5.56 Å². The molecule has 1 aromatic rings. The van der Waals surface area contributed by atoms with Crippen molar-refractivity contribution in [1.29, 1.82) is 0 Å². The summed E-state index contributed by atoms with van der Waals surface area (Å²) in [5, 5.41) is 0. The molecule has 0 spiro atoms. The first-order chi connectivity index (χ1) is 8.88. The number of rotatable bonds is 1. The predicted octanol–water partition coefficient (Wildman–Crippen LogP) is 4.13. The standard InChI is InChI=1S/C14H15F4N/c15-13-8-10(5-6-12(13)14(16,17)18)9-3-1-2-4-11(19)7-9/h5-8,11H,1-4,19H2. The van der Waals surface area contributed by atoms with Crippen LogP contribution >= 0.6 is 0 Å². The molecule has 0 saturated heterocycles. The van der Waals surface area contributed by atoms with Crippen LogP contribution in [0.3, 0.4) is 0 Å². The molecular formula is C14H15F4N. The van der Waals surface area contributed by atoms with Gasteiger partial charge in [0.05, 0.1) is 5.56 Å². The summed E-state index contributed by atoms with van der Waals surface area (Å²) in [5.74, 6) is -1.23. The molecule has 5 heteroatoms. The molecule has 1 nitrogen and oxygen atoms in total. The zero-order valence-corrected chi connectivity index (χ0v) is 10.3. The first kappa shape index (κ1) is 14.1. The van der Waals surface area contributed by atoms with Crippen molar-refractivity contribution in [2.45, 2.75) is 37.9 Å². The van der Waals surface area contributed by atoms with Gasteiger partial charge in [-0.05, 0) is 42.5 Å². The Morgan fingerprint density at radius 1 is 1.16 bits per heavy atom. The molecule has 2 N–H and O–H groups in total. The second-order valence-electron chi connectivity index (χ2n) is 4.79. The van der Waals surface area contributed by atoms with Gasteiger partial charge in [-0.15, -0.1) is 0 Å². The Balaban J connectivity index is 2.34. The normalized spacial score (nSPS) is 20.9. The van der Waals surface area contributed by atoms with Crippen LogP contribution in [-0.2, 0) is 6.18 Å². The molecule has 0 aliphatic heterocycles. The zero-order valence-electron chi connectivity index (χ0n) is 10.3. The monoisotopic (exact) mass is 273 g/mol. The fourth-order valence-electron chi connectivity index (χ4n) is 2.31. The maximum atomic E-state index is 13.5. The molecule has 2 rings (SSSR count). The van der Waals surface area contributed by atoms with Gasteiger partial charge in [0, 0.05) is 6.04 Å².